The van der Waals surface area contributed by atoms with Crippen molar-refractivity contribution in [1.82, 2.24) is 4.90 Å². The van der Waals surface area contributed by atoms with E-state index in [1.165, 1.54) is 18.1 Å². The van der Waals surface area contributed by atoms with E-state index in [0.717, 1.165) is 74.8 Å². The zero-order chi connectivity index (χ0) is 40.6. The van der Waals surface area contributed by atoms with Crippen molar-refractivity contribution in [2.75, 3.05) is 13.7 Å². The van der Waals surface area contributed by atoms with Gasteiger partial charge in [0, 0.05) is 37.6 Å². The zero-order valence-corrected chi connectivity index (χ0v) is 35.7. The second-order valence-electron chi connectivity index (χ2n) is 16.3. The Balaban J connectivity index is 1.83. The first kappa shape index (κ1) is 48.2. The predicted molar refractivity (Wildman–Crippen MR) is 221 cm³/mol. The summed E-state index contributed by atoms with van der Waals surface area (Å²) < 4.78 is 10.1. The van der Waals surface area contributed by atoms with Crippen LogP contribution >= 0.6 is 22.9 Å². The largest absolute Gasteiger partial charge is 0.480 e. The van der Waals surface area contributed by atoms with E-state index >= 15 is 0 Å². The summed E-state index contributed by atoms with van der Waals surface area (Å²) in [6.07, 6.45) is 16.3. The van der Waals surface area contributed by atoms with Gasteiger partial charge in [-0.15, -0.1) is 6.58 Å². The summed E-state index contributed by atoms with van der Waals surface area (Å²) in [6.45, 7) is 13.9. The van der Waals surface area contributed by atoms with Gasteiger partial charge in [-0.3, -0.25) is 9.59 Å². The maximum Gasteiger partial charge on any atom is 0.326 e. The molecule has 2 aliphatic rings. The highest BCUT2D eigenvalue weighted by Gasteiger charge is 2.47. The number of carboxylic acid groups (broad SMARTS) is 1. The van der Waals surface area contributed by atoms with E-state index in [0.29, 0.717) is 31.6 Å². The van der Waals surface area contributed by atoms with Crippen LogP contribution in [0.2, 0.25) is 0 Å². The standard InChI is InChI=1S/C42H69IN2O9/c1-8-14-33(34(44-43)26-37(47)30(5)21-29(4)23-32-18-19-36(46)38(25-32)54-7)24-28(3)16-11-9-10-15-27(2)22-31(6)42(52,53)39(48)40(49)45-20-13-12-17-35(45)41(50)51/h8,23-24,27,30-33,35-38,46-47,52-53H,1,9-22,25-26H2,2-7H3,(H,50,51)/b28-24+,29-23+,44-34-/t27-,30+,31-,32+,33-,35+,36-,37+,38-/m1/s1. The molecule has 1 aliphatic carbocycles. The van der Waals surface area contributed by atoms with Crippen molar-refractivity contribution in [3.63, 3.8) is 0 Å². The maximum atomic E-state index is 12.9. The van der Waals surface area contributed by atoms with Crippen LogP contribution in [0.5, 0.6) is 0 Å². The molecular formula is C42H69IN2O9. The van der Waals surface area contributed by atoms with Crippen molar-refractivity contribution in [1.29, 1.82) is 0 Å². The van der Waals surface area contributed by atoms with Gasteiger partial charge in [-0.1, -0.05) is 69.4 Å². The number of carbonyl (C=O) groups is 3. The molecule has 2 rings (SSSR count). The topological polar surface area (TPSA) is 177 Å². The average Bonchev–Trinajstić information content (AvgIpc) is 3.13. The monoisotopic (exact) mass is 872 g/mol. The number of carbonyl (C=O) groups excluding carboxylic acids is 2. The van der Waals surface area contributed by atoms with Crippen LogP contribution in [0, 0.1) is 29.6 Å². The molecule has 54 heavy (non-hydrogen) atoms. The van der Waals surface area contributed by atoms with Crippen LogP contribution in [0.15, 0.2) is 39.2 Å². The number of aliphatic carboxylic acids is 1. The Morgan fingerprint density at radius 2 is 1.74 bits per heavy atom. The SMILES string of the molecule is C=CC[C@H](/C=C(\C)CCCCC[C@@H](C)C[C@@H](C)C(O)(O)C(=O)C(=O)N1CCCC[C@H]1C(=O)O)/C(C[C@H](O)[C@@H](C)C/C(C)=C/[C@@H]1CC[C@@H](O)[C@H](OC)C1)=N\I. The Hall–Kier alpha value is -1.97. The molecule has 0 spiro atoms. The molecule has 5 N–H and O–H groups in total. The summed E-state index contributed by atoms with van der Waals surface area (Å²) in [4.78, 5) is 38.3. The van der Waals surface area contributed by atoms with Gasteiger partial charge in [0.1, 0.15) is 6.04 Å². The van der Waals surface area contributed by atoms with Crippen molar-refractivity contribution < 1.29 is 44.7 Å². The van der Waals surface area contributed by atoms with Crippen LogP contribution in [0.1, 0.15) is 131 Å². The number of aliphatic hydroxyl groups excluding tert-OH is 2. The molecule has 1 saturated carbocycles. The summed E-state index contributed by atoms with van der Waals surface area (Å²) in [5, 5.41) is 52.3. The fourth-order valence-corrected chi connectivity index (χ4v) is 8.69. The summed E-state index contributed by atoms with van der Waals surface area (Å²) >= 11 is 2.03. The number of amides is 1. The number of ketones is 1. The molecule has 0 unspecified atom stereocenters. The molecule has 1 aliphatic heterocycles. The number of ether oxygens (including phenoxy) is 1. The number of unbranched alkanes of at least 4 members (excludes halogenated alkanes) is 2. The van der Waals surface area contributed by atoms with E-state index in [1.54, 1.807) is 7.11 Å². The molecule has 12 heteroatoms. The highest BCUT2D eigenvalue weighted by atomic mass is 127. The lowest BCUT2D eigenvalue weighted by atomic mass is 9.82. The van der Waals surface area contributed by atoms with Crippen molar-refractivity contribution in [2.45, 2.75) is 161 Å². The van der Waals surface area contributed by atoms with Gasteiger partial charge < -0.3 is 35.2 Å². The molecule has 11 nitrogen and oxygen atoms in total. The number of rotatable bonds is 23. The number of aliphatic hydroxyl groups is 4. The van der Waals surface area contributed by atoms with Crippen LogP contribution in [0.4, 0.5) is 0 Å². The molecule has 308 valence electrons. The van der Waals surface area contributed by atoms with Gasteiger partial charge in [-0.05, 0) is 102 Å². The van der Waals surface area contributed by atoms with Crippen molar-refractivity contribution in [2.24, 2.45) is 32.8 Å². The summed E-state index contributed by atoms with van der Waals surface area (Å²) in [6, 6.07) is -1.13. The molecule has 1 heterocycles. The summed E-state index contributed by atoms with van der Waals surface area (Å²) in [7, 11) is 1.65. The number of Topliss-reactive ketones (excluding diaryl/α,β-unsaturated/α-hetero) is 1. The minimum atomic E-state index is -2.87. The van der Waals surface area contributed by atoms with Gasteiger partial charge >= 0.3 is 5.97 Å². The first-order valence-electron chi connectivity index (χ1n) is 20.0. The molecule has 0 bridgehead atoms. The normalized spacial score (nSPS) is 24.7. The second-order valence-corrected chi connectivity index (χ2v) is 16.8. The lowest BCUT2D eigenvalue weighted by molar-refractivity contribution is -0.206. The number of hydrogen-bond donors (Lipinski definition) is 5. The molecule has 0 aromatic heterocycles. The lowest BCUT2D eigenvalue weighted by Crippen LogP contribution is -2.57. The van der Waals surface area contributed by atoms with Gasteiger partial charge in [0.2, 0.25) is 5.79 Å². The zero-order valence-electron chi connectivity index (χ0n) is 33.6. The number of likely N-dealkylation sites (tertiary alicyclic amines) is 1. The van der Waals surface area contributed by atoms with Crippen molar-refractivity contribution in [3.05, 3.63) is 36.0 Å². The van der Waals surface area contributed by atoms with E-state index in [4.69, 9.17) is 4.74 Å². The molecular weight excluding hydrogens is 803 g/mol. The van der Waals surface area contributed by atoms with E-state index in [2.05, 4.69) is 42.7 Å². The number of halogens is 1. The third kappa shape index (κ3) is 15.2. The molecule has 9 atom stereocenters. The van der Waals surface area contributed by atoms with Crippen molar-refractivity contribution >= 4 is 46.2 Å². The van der Waals surface area contributed by atoms with Crippen LogP contribution in [-0.4, -0.2) is 97.6 Å². The number of allylic oxidation sites excluding steroid dienone is 5. The van der Waals surface area contributed by atoms with E-state index in [-0.39, 0.29) is 36.8 Å². The fraction of sp³-hybridized carbons (Fsp3) is 0.762. The molecule has 1 amide bonds. The third-order valence-corrected chi connectivity index (χ3v) is 12.2. The molecule has 2 fully saturated rings. The van der Waals surface area contributed by atoms with Gasteiger partial charge in [-0.2, -0.15) is 0 Å². The van der Waals surface area contributed by atoms with E-state index in [9.17, 15) is 39.9 Å². The van der Waals surface area contributed by atoms with Crippen LogP contribution in [0.3, 0.4) is 0 Å². The Kier molecular flexibility index (Phi) is 21.4. The minimum Gasteiger partial charge on any atom is -0.480 e. The first-order chi connectivity index (χ1) is 25.5. The Bertz CT molecular complexity index is 1310. The number of nitrogens with zero attached hydrogens (tertiary/aromatic N) is 2. The predicted octanol–water partition coefficient (Wildman–Crippen LogP) is 7.14. The fourth-order valence-electron chi connectivity index (χ4n) is 8.14. The number of hydrogen-bond acceptors (Lipinski definition) is 9. The highest BCUT2D eigenvalue weighted by Crippen LogP contribution is 2.31. The molecule has 1 saturated heterocycles. The Labute approximate surface area is 337 Å². The smallest absolute Gasteiger partial charge is 0.326 e. The summed E-state index contributed by atoms with van der Waals surface area (Å²) in [5.74, 6) is -6.92. The Morgan fingerprint density at radius 1 is 1.04 bits per heavy atom. The van der Waals surface area contributed by atoms with Crippen LogP contribution in [0.25, 0.3) is 0 Å². The number of methoxy groups -OCH3 is 1. The van der Waals surface area contributed by atoms with Gasteiger partial charge in [0.25, 0.3) is 11.7 Å². The third-order valence-electron chi connectivity index (χ3n) is 11.6. The second kappa shape index (κ2) is 23.9. The summed E-state index contributed by atoms with van der Waals surface area (Å²) in [5.41, 5.74) is 3.45. The van der Waals surface area contributed by atoms with Gasteiger partial charge in [-0.25, -0.2) is 8.00 Å². The highest BCUT2D eigenvalue weighted by molar-refractivity contribution is 14.1. The molecule has 0 aromatic rings. The van der Waals surface area contributed by atoms with Crippen LogP contribution in [-0.2, 0) is 19.1 Å². The van der Waals surface area contributed by atoms with E-state index < -0.39 is 47.6 Å². The number of carboxylic acids is 1. The Morgan fingerprint density at radius 3 is 2.37 bits per heavy atom. The van der Waals surface area contributed by atoms with Crippen molar-refractivity contribution in [3.8, 4) is 0 Å². The lowest BCUT2D eigenvalue weighted by Gasteiger charge is -2.35. The molecule has 0 radical (unpaired) electrons. The minimum absolute atomic E-state index is 0.0517. The van der Waals surface area contributed by atoms with E-state index in [1.807, 2.05) is 35.9 Å². The van der Waals surface area contributed by atoms with Gasteiger partial charge in [0.15, 0.2) is 0 Å². The molecule has 0 aromatic carbocycles. The van der Waals surface area contributed by atoms with Gasteiger partial charge in [0.05, 0.1) is 41.2 Å². The number of piperidine rings is 1. The van der Waals surface area contributed by atoms with Crippen LogP contribution < -0.4 is 0 Å². The average molecular weight is 873 g/mol. The first-order valence-corrected chi connectivity index (χ1v) is 21.0. The maximum absolute atomic E-state index is 12.9. The quantitative estimate of drug-likeness (QED) is 0.0178.